The molecule has 0 saturated heterocycles. The van der Waals surface area contributed by atoms with Gasteiger partial charge in [0.05, 0.1) is 22.3 Å². The molecule has 98 valence electrons. The Kier molecular flexibility index (Phi) is 4.08. The Morgan fingerprint density at radius 3 is 2.78 bits per heavy atom. The zero-order valence-corrected chi connectivity index (χ0v) is 12.0. The summed E-state index contributed by atoms with van der Waals surface area (Å²) in [5, 5.41) is 12.0. The van der Waals surface area contributed by atoms with E-state index in [1.165, 1.54) is 16.4 Å². The molecule has 2 heterocycles. The maximum Gasteiger partial charge on any atom is 0.0877 e. The highest BCUT2D eigenvalue weighted by molar-refractivity contribution is 7.05. The number of rotatable bonds is 5. The minimum absolute atomic E-state index is 0.125. The van der Waals surface area contributed by atoms with Gasteiger partial charge in [0.25, 0.3) is 0 Å². The van der Waals surface area contributed by atoms with Gasteiger partial charge in [-0.3, -0.25) is 4.68 Å². The standard InChI is InChI=1S/C12H19N5S/c1-5-13-11(9-6-7-14-17(9)4)12-10(8(2)3)15-16-18-12/h6-8,11,13H,5H2,1-4H3. The molecule has 2 aromatic rings. The Bertz CT molecular complexity index is 502. The predicted octanol–water partition coefficient (Wildman–Crippen LogP) is 2.09. The Morgan fingerprint density at radius 1 is 1.44 bits per heavy atom. The molecule has 0 aromatic carbocycles. The molecule has 2 aromatic heterocycles. The summed E-state index contributed by atoms with van der Waals surface area (Å²) in [7, 11) is 1.96. The van der Waals surface area contributed by atoms with Gasteiger partial charge in [-0.25, -0.2) is 0 Å². The molecule has 0 radical (unpaired) electrons. The van der Waals surface area contributed by atoms with Gasteiger partial charge in [0, 0.05) is 13.2 Å². The second kappa shape index (κ2) is 5.58. The van der Waals surface area contributed by atoms with E-state index in [0.717, 1.165) is 17.9 Å². The summed E-state index contributed by atoms with van der Waals surface area (Å²) >= 11 is 1.47. The van der Waals surface area contributed by atoms with Crippen molar-refractivity contribution in [3.8, 4) is 0 Å². The molecule has 0 amide bonds. The van der Waals surface area contributed by atoms with E-state index in [1.807, 2.05) is 24.0 Å². The van der Waals surface area contributed by atoms with E-state index in [2.05, 4.69) is 40.8 Å². The largest absolute Gasteiger partial charge is 0.304 e. The van der Waals surface area contributed by atoms with Crippen LogP contribution < -0.4 is 5.32 Å². The van der Waals surface area contributed by atoms with Crippen LogP contribution in [0.1, 0.15) is 49.0 Å². The molecule has 1 unspecified atom stereocenters. The van der Waals surface area contributed by atoms with E-state index < -0.39 is 0 Å². The van der Waals surface area contributed by atoms with Crippen LogP contribution >= 0.6 is 11.5 Å². The Balaban J connectivity index is 2.42. The second-order valence-electron chi connectivity index (χ2n) is 4.55. The number of aromatic nitrogens is 4. The van der Waals surface area contributed by atoms with Gasteiger partial charge >= 0.3 is 0 Å². The maximum absolute atomic E-state index is 4.26. The summed E-state index contributed by atoms with van der Waals surface area (Å²) in [6.07, 6.45) is 1.82. The summed E-state index contributed by atoms with van der Waals surface area (Å²) in [6, 6.07) is 2.16. The smallest absolute Gasteiger partial charge is 0.0877 e. The molecule has 2 rings (SSSR count). The first-order valence-electron chi connectivity index (χ1n) is 6.18. The van der Waals surface area contributed by atoms with E-state index in [1.54, 1.807) is 0 Å². The van der Waals surface area contributed by atoms with Crippen LogP contribution in [0.2, 0.25) is 0 Å². The van der Waals surface area contributed by atoms with Crippen LogP contribution in [0.3, 0.4) is 0 Å². The lowest BCUT2D eigenvalue weighted by molar-refractivity contribution is 0.571. The van der Waals surface area contributed by atoms with Gasteiger partial charge < -0.3 is 5.32 Å². The van der Waals surface area contributed by atoms with Crippen molar-refractivity contribution in [3.63, 3.8) is 0 Å². The number of nitrogens with zero attached hydrogens (tertiary/aromatic N) is 4. The zero-order chi connectivity index (χ0) is 13.1. The van der Waals surface area contributed by atoms with E-state index in [-0.39, 0.29) is 6.04 Å². The third-order valence-electron chi connectivity index (χ3n) is 2.91. The van der Waals surface area contributed by atoms with Crippen LogP contribution in [-0.2, 0) is 7.05 Å². The molecule has 0 aliphatic heterocycles. The second-order valence-corrected chi connectivity index (χ2v) is 5.33. The van der Waals surface area contributed by atoms with Crippen LogP contribution in [0.15, 0.2) is 12.3 Å². The minimum atomic E-state index is 0.125. The average molecular weight is 265 g/mol. The first-order chi connectivity index (χ1) is 8.65. The lowest BCUT2D eigenvalue weighted by Crippen LogP contribution is -2.24. The molecule has 18 heavy (non-hydrogen) atoms. The van der Waals surface area contributed by atoms with Gasteiger partial charge in [-0.1, -0.05) is 25.3 Å². The average Bonchev–Trinajstić information content (AvgIpc) is 2.94. The van der Waals surface area contributed by atoms with Crippen LogP contribution in [0.4, 0.5) is 0 Å². The van der Waals surface area contributed by atoms with E-state index >= 15 is 0 Å². The highest BCUT2D eigenvalue weighted by Crippen LogP contribution is 2.30. The molecule has 0 bridgehead atoms. The fourth-order valence-electron chi connectivity index (χ4n) is 2.01. The SMILES string of the molecule is CCNC(c1snnc1C(C)C)c1ccnn1C. The molecule has 5 nitrogen and oxygen atoms in total. The van der Waals surface area contributed by atoms with Crippen molar-refractivity contribution in [2.75, 3.05) is 6.54 Å². The van der Waals surface area contributed by atoms with Crippen molar-refractivity contribution in [2.24, 2.45) is 7.05 Å². The van der Waals surface area contributed by atoms with Gasteiger partial charge in [0.2, 0.25) is 0 Å². The third-order valence-corrected chi connectivity index (χ3v) is 3.72. The monoisotopic (exact) mass is 265 g/mol. The molecule has 0 saturated carbocycles. The number of aryl methyl sites for hydroxylation is 1. The Labute approximate surface area is 111 Å². The molecule has 0 fully saturated rings. The fraction of sp³-hybridized carbons (Fsp3) is 0.583. The Morgan fingerprint density at radius 2 is 2.22 bits per heavy atom. The molecule has 0 aliphatic carbocycles. The summed E-state index contributed by atoms with van der Waals surface area (Å²) in [5.41, 5.74) is 2.22. The molecular formula is C12H19N5S. The van der Waals surface area contributed by atoms with Gasteiger partial charge in [-0.2, -0.15) is 5.10 Å². The normalized spacial score (nSPS) is 13.2. The van der Waals surface area contributed by atoms with Crippen LogP contribution in [-0.4, -0.2) is 25.9 Å². The fourth-order valence-corrected chi connectivity index (χ4v) is 2.90. The topological polar surface area (TPSA) is 55.6 Å². The molecule has 0 aliphatic rings. The Hall–Kier alpha value is -1.27. The first-order valence-corrected chi connectivity index (χ1v) is 6.95. The minimum Gasteiger partial charge on any atom is -0.304 e. The highest BCUT2D eigenvalue weighted by Gasteiger charge is 2.24. The lowest BCUT2D eigenvalue weighted by atomic mass is 10.0. The summed E-state index contributed by atoms with van der Waals surface area (Å²) in [6.45, 7) is 7.29. The number of hydrogen-bond donors (Lipinski definition) is 1. The van der Waals surface area contributed by atoms with Gasteiger partial charge in [-0.05, 0) is 30.1 Å². The highest BCUT2D eigenvalue weighted by atomic mass is 32.1. The molecule has 1 atom stereocenters. The molecule has 6 heteroatoms. The molecule has 1 N–H and O–H groups in total. The molecule has 0 spiro atoms. The zero-order valence-electron chi connectivity index (χ0n) is 11.2. The maximum atomic E-state index is 4.26. The molecular weight excluding hydrogens is 246 g/mol. The number of nitrogens with one attached hydrogen (secondary N) is 1. The van der Waals surface area contributed by atoms with Crippen molar-refractivity contribution < 1.29 is 0 Å². The van der Waals surface area contributed by atoms with E-state index in [4.69, 9.17) is 0 Å². The van der Waals surface area contributed by atoms with E-state index in [9.17, 15) is 0 Å². The number of hydrogen-bond acceptors (Lipinski definition) is 5. The predicted molar refractivity (Wildman–Crippen MR) is 72.7 cm³/mol. The van der Waals surface area contributed by atoms with Crippen LogP contribution in [0.5, 0.6) is 0 Å². The quantitative estimate of drug-likeness (QED) is 0.899. The van der Waals surface area contributed by atoms with Gasteiger partial charge in [0.15, 0.2) is 0 Å². The lowest BCUT2D eigenvalue weighted by Gasteiger charge is -2.18. The van der Waals surface area contributed by atoms with Crippen molar-refractivity contribution in [1.82, 2.24) is 24.7 Å². The van der Waals surface area contributed by atoms with Crippen LogP contribution in [0.25, 0.3) is 0 Å². The van der Waals surface area contributed by atoms with E-state index in [0.29, 0.717) is 5.92 Å². The van der Waals surface area contributed by atoms with Crippen molar-refractivity contribution in [3.05, 3.63) is 28.5 Å². The van der Waals surface area contributed by atoms with Crippen molar-refractivity contribution >= 4 is 11.5 Å². The van der Waals surface area contributed by atoms with Gasteiger partial charge in [0.1, 0.15) is 0 Å². The summed E-state index contributed by atoms with van der Waals surface area (Å²) < 4.78 is 6.01. The first kappa shape index (κ1) is 13.2. The third kappa shape index (κ3) is 2.44. The van der Waals surface area contributed by atoms with Crippen molar-refractivity contribution in [1.29, 1.82) is 0 Å². The van der Waals surface area contributed by atoms with Crippen molar-refractivity contribution in [2.45, 2.75) is 32.7 Å². The summed E-state index contributed by atoms with van der Waals surface area (Å²) in [5.74, 6) is 0.383. The van der Waals surface area contributed by atoms with Gasteiger partial charge in [-0.15, -0.1) is 5.10 Å². The van der Waals surface area contributed by atoms with Crippen LogP contribution in [0, 0.1) is 0 Å². The summed E-state index contributed by atoms with van der Waals surface area (Å²) in [4.78, 5) is 1.19.